The standard InChI is InChI=1S/C15H20Br2O2/c1-18-13-8-7-12(15(19-2)14(13)17)10-5-3-4-6-11(16)9-10/h7-8,10-11H,3-6,9H2,1-2H3. The van der Waals surface area contributed by atoms with Crippen molar-refractivity contribution < 1.29 is 9.47 Å². The molecule has 19 heavy (non-hydrogen) atoms. The SMILES string of the molecule is COc1ccc(C2CCCCC(Br)C2)c(OC)c1Br. The number of hydrogen-bond donors (Lipinski definition) is 0. The van der Waals surface area contributed by atoms with E-state index in [0.717, 1.165) is 16.0 Å². The third-order valence-electron chi connectivity index (χ3n) is 3.82. The molecule has 2 nitrogen and oxygen atoms in total. The van der Waals surface area contributed by atoms with Crippen molar-refractivity contribution in [1.82, 2.24) is 0 Å². The highest BCUT2D eigenvalue weighted by Gasteiger charge is 2.24. The molecule has 0 N–H and O–H groups in total. The molecule has 0 heterocycles. The Hall–Kier alpha value is -0.220. The Bertz CT molecular complexity index is 434. The third-order valence-corrected chi connectivity index (χ3v) is 5.40. The van der Waals surface area contributed by atoms with Crippen LogP contribution in [0.5, 0.6) is 11.5 Å². The van der Waals surface area contributed by atoms with Crippen molar-refractivity contribution in [3.63, 3.8) is 0 Å². The molecule has 1 aromatic rings. The van der Waals surface area contributed by atoms with Crippen LogP contribution in [0.2, 0.25) is 0 Å². The summed E-state index contributed by atoms with van der Waals surface area (Å²) in [6, 6.07) is 4.17. The van der Waals surface area contributed by atoms with Crippen LogP contribution in [0.3, 0.4) is 0 Å². The Morgan fingerprint density at radius 2 is 1.84 bits per heavy atom. The van der Waals surface area contributed by atoms with Crippen LogP contribution in [0.25, 0.3) is 0 Å². The molecule has 0 aromatic heterocycles. The van der Waals surface area contributed by atoms with Gasteiger partial charge in [-0.15, -0.1) is 0 Å². The maximum Gasteiger partial charge on any atom is 0.140 e. The molecule has 2 atom stereocenters. The summed E-state index contributed by atoms with van der Waals surface area (Å²) < 4.78 is 11.9. The van der Waals surface area contributed by atoms with E-state index >= 15 is 0 Å². The van der Waals surface area contributed by atoms with Crippen LogP contribution >= 0.6 is 31.9 Å². The normalized spacial score (nSPS) is 23.8. The van der Waals surface area contributed by atoms with Crippen molar-refractivity contribution in [1.29, 1.82) is 0 Å². The molecule has 0 bridgehead atoms. The molecule has 1 aliphatic rings. The molecule has 4 heteroatoms. The average Bonchev–Trinajstić information content (AvgIpc) is 2.63. The highest BCUT2D eigenvalue weighted by Crippen LogP contribution is 2.44. The van der Waals surface area contributed by atoms with Gasteiger partial charge in [-0.3, -0.25) is 0 Å². The number of methoxy groups -OCH3 is 2. The Balaban J connectivity index is 2.35. The monoisotopic (exact) mass is 390 g/mol. The van der Waals surface area contributed by atoms with E-state index in [2.05, 4.69) is 37.9 Å². The first kappa shape index (κ1) is 15.2. The van der Waals surface area contributed by atoms with Crippen molar-refractivity contribution in [3.05, 3.63) is 22.2 Å². The summed E-state index contributed by atoms with van der Waals surface area (Å²) in [5, 5.41) is 0. The second kappa shape index (κ2) is 6.98. The van der Waals surface area contributed by atoms with E-state index in [1.54, 1.807) is 14.2 Å². The number of hydrogen-bond acceptors (Lipinski definition) is 2. The molecule has 1 saturated carbocycles. The van der Waals surface area contributed by atoms with Gasteiger partial charge < -0.3 is 9.47 Å². The minimum absolute atomic E-state index is 0.559. The lowest BCUT2D eigenvalue weighted by Gasteiger charge is -2.21. The van der Waals surface area contributed by atoms with Crippen LogP contribution < -0.4 is 9.47 Å². The number of rotatable bonds is 3. The lowest BCUT2D eigenvalue weighted by molar-refractivity contribution is 0.381. The highest BCUT2D eigenvalue weighted by molar-refractivity contribution is 9.10. The lowest BCUT2D eigenvalue weighted by atomic mass is 9.91. The van der Waals surface area contributed by atoms with Gasteiger partial charge >= 0.3 is 0 Å². The largest absolute Gasteiger partial charge is 0.495 e. The molecule has 106 valence electrons. The summed E-state index contributed by atoms with van der Waals surface area (Å²) in [6.45, 7) is 0. The van der Waals surface area contributed by atoms with Crippen LogP contribution in [0, 0.1) is 0 Å². The molecular weight excluding hydrogens is 372 g/mol. The fourth-order valence-corrected chi connectivity index (χ4v) is 4.28. The first-order chi connectivity index (χ1) is 9.17. The van der Waals surface area contributed by atoms with E-state index in [9.17, 15) is 0 Å². The third kappa shape index (κ3) is 3.46. The number of ether oxygens (including phenoxy) is 2. The van der Waals surface area contributed by atoms with Gasteiger partial charge in [0.1, 0.15) is 16.0 Å². The van der Waals surface area contributed by atoms with Crippen LogP contribution in [0.4, 0.5) is 0 Å². The molecular formula is C15H20Br2O2. The Labute approximate surface area is 132 Å². The number of halogens is 2. The summed E-state index contributed by atoms with van der Waals surface area (Å²) in [5.41, 5.74) is 1.29. The van der Waals surface area contributed by atoms with Gasteiger partial charge in [0.25, 0.3) is 0 Å². The fourth-order valence-electron chi connectivity index (χ4n) is 2.82. The van der Waals surface area contributed by atoms with Gasteiger partial charge in [0.15, 0.2) is 0 Å². The fraction of sp³-hybridized carbons (Fsp3) is 0.600. The van der Waals surface area contributed by atoms with Crippen LogP contribution in [-0.4, -0.2) is 19.0 Å². The summed E-state index contributed by atoms with van der Waals surface area (Å²) in [5.74, 6) is 2.31. The smallest absolute Gasteiger partial charge is 0.140 e. The average molecular weight is 392 g/mol. The van der Waals surface area contributed by atoms with Crippen LogP contribution in [0.15, 0.2) is 16.6 Å². The van der Waals surface area contributed by atoms with Crippen molar-refractivity contribution in [2.24, 2.45) is 0 Å². The molecule has 2 unspecified atom stereocenters. The van der Waals surface area contributed by atoms with Crippen molar-refractivity contribution in [2.75, 3.05) is 14.2 Å². The van der Waals surface area contributed by atoms with Gasteiger partial charge in [-0.1, -0.05) is 34.8 Å². The predicted molar refractivity (Wildman–Crippen MR) is 85.8 cm³/mol. The van der Waals surface area contributed by atoms with Gasteiger partial charge in [0.05, 0.1) is 14.2 Å². The summed E-state index contributed by atoms with van der Waals surface area (Å²) >= 11 is 7.38. The van der Waals surface area contributed by atoms with Gasteiger partial charge in [0.2, 0.25) is 0 Å². The molecule has 2 rings (SSSR count). The zero-order valence-corrected chi connectivity index (χ0v) is 14.6. The molecule has 0 radical (unpaired) electrons. The second-order valence-corrected chi connectivity index (χ2v) is 7.11. The van der Waals surface area contributed by atoms with E-state index in [4.69, 9.17) is 9.47 Å². The lowest BCUT2D eigenvalue weighted by Crippen LogP contribution is -2.06. The molecule has 0 spiro atoms. The van der Waals surface area contributed by atoms with E-state index in [-0.39, 0.29) is 0 Å². The van der Waals surface area contributed by atoms with Gasteiger partial charge in [-0.05, 0) is 52.7 Å². The quantitative estimate of drug-likeness (QED) is 0.515. The maximum absolute atomic E-state index is 5.61. The first-order valence-corrected chi connectivity index (χ1v) is 8.42. The van der Waals surface area contributed by atoms with E-state index in [1.165, 1.54) is 37.7 Å². The first-order valence-electron chi connectivity index (χ1n) is 6.71. The predicted octanol–water partition coefficient (Wildman–Crippen LogP) is 5.28. The van der Waals surface area contributed by atoms with Gasteiger partial charge in [-0.25, -0.2) is 0 Å². The number of alkyl halides is 1. The Morgan fingerprint density at radius 3 is 2.53 bits per heavy atom. The van der Waals surface area contributed by atoms with Gasteiger partial charge in [-0.2, -0.15) is 0 Å². The molecule has 0 aliphatic heterocycles. The summed E-state index contributed by atoms with van der Waals surface area (Å²) in [4.78, 5) is 0.616. The van der Waals surface area contributed by atoms with Gasteiger partial charge in [0, 0.05) is 4.83 Å². The minimum Gasteiger partial charge on any atom is -0.495 e. The maximum atomic E-state index is 5.61. The molecule has 1 fully saturated rings. The molecule has 1 aliphatic carbocycles. The number of benzene rings is 1. The zero-order valence-electron chi connectivity index (χ0n) is 11.4. The van der Waals surface area contributed by atoms with Crippen LogP contribution in [-0.2, 0) is 0 Å². The van der Waals surface area contributed by atoms with Crippen LogP contribution in [0.1, 0.15) is 43.6 Å². The van der Waals surface area contributed by atoms with Crippen molar-refractivity contribution in [3.8, 4) is 11.5 Å². The molecule has 1 aromatic carbocycles. The van der Waals surface area contributed by atoms with E-state index in [0.29, 0.717) is 10.7 Å². The second-order valence-electron chi connectivity index (χ2n) is 5.02. The van der Waals surface area contributed by atoms with Crippen molar-refractivity contribution >= 4 is 31.9 Å². The highest BCUT2D eigenvalue weighted by atomic mass is 79.9. The van der Waals surface area contributed by atoms with E-state index < -0.39 is 0 Å². The van der Waals surface area contributed by atoms with E-state index in [1.807, 2.05) is 6.07 Å². The summed E-state index contributed by atoms with van der Waals surface area (Å²) in [6.07, 6.45) is 6.29. The molecule has 0 amide bonds. The topological polar surface area (TPSA) is 18.5 Å². The Kier molecular flexibility index (Phi) is 5.58. The Morgan fingerprint density at radius 1 is 1.11 bits per heavy atom. The minimum atomic E-state index is 0.559. The zero-order chi connectivity index (χ0) is 13.8. The van der Waals surface area contributed by atoms with Crippen molar-refractivity contribution in [2.45, 2.75) is 42.8 Å². The molecule has 0 saturated heterocycles. The summed E-state index contributed by atoms with van der Waals surface area (Å²) in [7, 11) is 3.41.